The summed E-state index contributed by atoms with van der Waals surface area (Å²) in [7, 11) is 1.68. The van der Waals surface area contributed by atoms with Crippen LogP contribution in [0.1, 0.15) is 39.4 Å². The molecule has 3 nitrogen and oxygen atoms in total. The predicted octanol–water partition coefficient (Wildman–Crippen LogP) is 2.61. The van der Waals surface area contributed by atoms with Crippen LogP contribution in [-0.4, -0.2) is 24.4 Å². The third-order valence-corrected chi connectivity index (χ3v) is 4.34. The summed E-state index contributed by atoms with van der Waals surface area (Å²) in [5.41, 5.74) is 1.35. The van der Waals surface area contributed by atoms with Gasteiger partial charge in [-0.1, -0.05) is 6.42 Å². The summed E-state index contributed by atoms with van der Waals surface area (Å²) in [6.07, 6.45) is 5.95. The van der Waals surface area contributed by atoms with Crippen molar-refractivity contribution in [3.05, 3.63) is 21.4 Å². The minimum atomic E-state index is -0.0235. The fourth-order valence-corrected chi connectivity index (χ4v) is 3.39. The van der Waals surface area contributed by atoms with Crippen molar-refractivity contribution in [1.29, 1.82) is 5.26 Å². The average molecular weight is 248 g/mol. The van der Waals surface area contributed by atoms with E-state index in [1.165, 1.54) is 34.6 Å². The van der Waals surface area contributed by atoms with E-state index in [1.807, 2.05) is 12.1 Å². The highest BCUT2D eigenvalue weighted by Crippen LogP contribution is 2.29. The van der Waals surface area contributed by atoms with Gasteiger partial charge in [0, 0.05) is 11.9 Å². The molecule has 0 aliphatic heterocycles. The van der Waals surface area contributed by atoms with Crippen molar-refractivity contribution < 1.29 is 4.79 Å². The molecule has 90 valence electrons. The smallest absolute Gasteiger partial charge is 0.264 e. The Bertz CT molecular complexity index is 435. The van der Waals surface area contributed by atoms with E-state index in [9.17, 15) is 4.79 Å². The molecule has 0 fully saturated rings. The molecule has 2 rings (SSSR count). The molecule has 1 amide bonds. The number of nitrogens with zero attached hydrogens (tertiary/aromatic N) is 2. The fraction of sp³-hybridized carbons (Fsp3) is 0.538. The van der Waals surface area contributed by atoms with Crippen molar-refractivity contribution in [1.82, 2.24) is 4.90 Å². The van der Waals surface area contributed by atoms with E-state index in [1.54, 1.807) is 18.4 Å². The van der Waals surface area contributed by atoms with Gasteiger partial charge in [0.1, 0.15) is 6.54 Å². The van der Waals surface area contributed by atoms with Gasteiger partial charge in [0.25, 0.3) is 5.91 Å². The van der Waals surface area contributed by atoms with Crippen molar-refractivity contribution in [2.75, 3.05) is 13.6 Å². The number of carbonyl (C=O) groups excluding carboxylic acids is 1. The Hall–Kier alpha value is -1.34. The molecule has 0 saturated heterocycles. The van der Waals surface area contributed by atoms with Crippen LogP contribution in [0.2, 0.25) is 0 Å². The second kappa shape index (κ2) is 5.33. The van der Waals surface area contributed by atoms with Gasteiger partial charge in [0.2, 0.25) is 0 Å². The van der Waals surface area contributed by atoms with Crippen molar-refractivity contribution >= 4 is 17.2 Å². The number of rotatable bonds is 2. The van der Waals surface area contributed by atoms with E-state index < -0.39 is 0 Å². The lowest BCUT2D eigenvalue weighted by Gasteiger charge is -2.10. The van der Waals surface area contributed by atoms with Crippen LogP contribution in [-0.2, 0) is 12.8 Å². The lowest BCUT2D eigenvalue weighted by molar-refractivity contribution is 0.0816. The maximum atomic E-state index is 12.0. The quantitative estimate of drug-likeness (QED) is 0.596. The molecule has 1 aliphatic carbocycles. The monoisotopic (exact) mass is 248 g/mol. The van der Waals surface area contributed by atoms with Crippen LogP contribution in [0.15, 0.2) is 6.07 Å². The van der Waals surface area contributed by atoms with Crippen LogP contribution < -0.4 is 0 Å². The molecule has 0 saturated carbocycles. The maximum Gasteiger partial charge on any atom is 0.264 e. The first-order chi connectivity index (χ1) is 8.22. The molecule has 0 atom stereocenters. The Morgan fingerprint density at radius 1 is 1.47 bits per heavy atom. The number of nitriles is 1. The molecule has 1 heterocycles. The van der Waals surface area contributed by atoms with Crippen molar-refractivity contribution in [2.45, 2.75) is 32.1 Å². The maximum absolute atomic E-state index is 12.0. The van der Waals surface area contributed by atoms with Crippen LogP contribution in [0.25, 0.3) is 0 Å². The molecule has 0 radical (unpaired) electrons. The third kappa shape index (κ3) is 2.67. The first-order valence-corrected chi connectivity index (χ1v) is 6.78. The molecule has 0 unspecified atom stereocenters. The van der Waals surface area contributed by atoms with E-state index >= 15 is 0 Å². The first kappa shape index (κ1) is 12.1. The molecular weight excluding hydrogens is 232 g/mol. The van der Waals surface area contributed by atoms with Gasteiger partial charge in [0.15, 0.2) is 0 Å². The van der Waals surface area contributed by atoms with Gasteiger partial charge in [-0.3, -0.25) is 4.79 Å². The van der Waals surface area contributed by atoms with Crippen LogP contribution in [0.5, 0.6) is 0 Å². The van der Waals surface area contributed by atoms with Crippen LogP contribution >= 0.6 is 11.3 Å². The Labute approximate surface area is 106 Å². The van der Waals surface area contributed by atoms with Crippen LogP contribution in [0.3, 0.4) is 0 Å². The van der Waals surface area contributed by atoms with E-state index in [0.717, 1.165) is 17.7 Å². The largest absolute Gasteiger partial charge is 0.328 e. The lowest BCUT2D eigenvalue weighted by Crippen LogP contribution is -2.26. The van der Waals surface area contributed by atoms with E-state index in [4.69, 9.17) is 5.26 Å². The molecule has 1 aromatic rings. The third-order valence-electron chi connectivity index (χ3n) is 3.11. The van der Waals surface area contributed by atoms with Crippen LogP contribution in [0.4, 0.5) is 0 Å². The normalized spacial score (nSPS) is 14.6. The Morgan fingerprint density at radius 3 is 3.00 bits per heavy atom. The number of carbonyl (C=O) groups is 1. The number of hydrogen-bond acceptors (Lipinski definition) is 3. The molecule has 0 aromatic carbocycles. The van der Waals surface area contributed by atoms with Gasteiger partial charge in [-0.2, -0.15) is 5.26 Å². The molecule has 17 heavy (non-hydrogen) atoms. The summed E-state index contributed by atoms with van der Waals surface area (Å²) in [4.78, 5) is 15.7. The topological polar surface area (TPSA) is 44.1 Å². The van der Waals surface area contributed by atoms with Gasteiger partial charge in [-0.15, -0.1) is 11.3 Å². The molecule has 0 spiro atoms. The number of amides is 1. The molecular formula is C13H16N2OS. The molecule has 1 aliphatic rings. The Morgan fingerprint density at radius 2 is 2.24 bits per heavy atom. The molecule has 0 N–H and O–H groups in total. The zero-order valence-corrected chi connectivity index (χ0v) is 10.8. The molecule has 4 heteroatoms. The minimum Gasteiger partial charge on any atom is -0.328 e. The Balaban J connectivity index is 2.18. The zero-order valence-electron chi connectivity index (χ0n) is 10.0. The summed E-state index contributed by atoms with van der Waals surface area (Å²) in [6, 6.07) is 4.03. The van der Waals surface area contributed by atoms with Crippen molar-refractivity contribution in [3.8, 4) is 6.07 Å². The zero-order chi connectivity index (χ0) is 12.3. The summed E-state index contributed by atoms with van der Waals surface area (Å²) < 4.78 is 0. The number of aryl methyl sites for hydroxylation is 2. The second-order valence-electron chi connectivity index (χ2n) is 4.44. The van der Waals surface area contributed by atoms with Crippen molar-refractivity contribution in [2.24, 2.45) is 0 Å². The number of fused-ring (bicyclic) bond motifs is 1. The summed E-state index contributed by atoms with van der Waals surface area (Å²) >= 11 is 1.61. The summed E-state index contributed by atoms with van der Waals surface area (Å²) in [5.74, 6) is -0.0235. The average Bonchev–Trinajstić information content (AvgIpc) is 2.60. The molecule has 1 aromatic heterocycles. The van der Waals surface area contributed by atoms with Gasteiger partial charge < -0.3 is 4.90 Å². The van der Waals surface area contributed by atoms with E-state index in [0.29, 0.717) is 0 Å². The van der Waals surface area contributed by atoms with Crippen molar-refractivity contribution in [3.63, 3.8) is 0 Å². The summed E-state index contributed by atoms with van der Waals surface area (Å²) in [5, 5.41) is 8.59. The second-order valence-corrected chi connectivity index (χ2v) is 5.58. The molecule has 0 bridgehead atoms. The van der Waals surface area contributed by atoms with E-state index in [-0.39, 0.29) is 12.5 Å². The van der Waals surface area contributed by atoms with Gasteiger partial charge in [-0.25, -0.2) is 0 Å². The van der Waals surface area contributed by atoms with Gasteiger partial charge in [-0.05, 0) is 37.3 Å². The van der Waals surface area contributed by atoms with Crippen LogP contribution in [0, 0.1) is 11.3 Å². The van der Waals surface area contributed by atoms with E-state index in [2.05, 4.69) is 0 Å². The number of thiophene rings is 1. The standard InChI is InChI=1S/C13H16N2OS/c1-15(8-7-14)13(16)12-9-10-5-3-2-4-6-11(10)17-12/h9H,2-6,8H2,1H3. The lowest BCUT2D eigenvalue weighted by atomic mass is 10.1. The SMILES string of the molecule is CN(CC#N)C(=O)c1cc2c(s1)CCCCC2. The predicted molar refractivity (Wildman–Crippen MR) is 68.2 cm³/mol. The fourth-order valence-electron chi connectivity index (χ4n) is 2.14. The summed E-state index contributed by atoms with van der Waals surface area (Å²) in [6.45, 7) is 0.154. The minimum absolute atomic E-state index is 0.0235. The highest BCUT2D eigenvalue weighted by atomic mass is 32.1. The van der Waals surface area contributed by atoms with Gasteiger partial charge in [0.05, 0.1) is 10.9 Å². The number of hydrogen-bond donors (Lipinski definition) is 0. The Kier molecular flexibility index (Phi) is 3.80. The first-order valence-electron chi connectivity index (χ1n) is 5.96. The highest BCUT2D eigenvalue weighted by molar-refractivity contribution is 7.14. The van der Waals surface area contributed by atoms with Gasteiger partial charge >= 0.3 is 0 Å². The highest BCUT2D eigenvalue weighted by Gasteiger charge is 2.18.